The average molecular weight is 385 g/mol. The highest BCUT2D eigenvalue weighted by atomic mass is 16.5. The normalized spacial score (nSPS) is 21.2. The van der Waals surface area contributed by atoms with Gasteiger partial charge in [0.05, 0.1) is 18.8 Å². The van der Waals surface area contributed by atoms with Crippen molar-refractivity contribution < 1.29 is 4.74 Å². The summed E-state index contributed by atoms with van der Waals surface area (Å²) < 4.78 is 6.07. The summed E-state index contributed by atoms with van der Waals surface area (Å²) in [5, 5.41) is 0. The van der Waals surface area contributed by atoms with Crippen LogP contribution in [-0.4, -0.2) is 48.6 Å². The van der Waals surface area contributed by atoms with E-state index in [0.29, 0.717) is 12.1 Å². The molecule has 0 amide bonds. The van der Waals surface area contributed by atoms with E-state index in [1.165, 1.54) is 16.7 Å². The van der Waals surface area contributed by atoms with Crippen LogP contribution < -0.4 is 0 Å². The maximum absolute atomic E-state index is 6.07. The Bertz CT molecular complexity index is 854. The minimum Gasteiger partial charge on any atom is -0.371 e. The van der Waals surface area contributed by atoms with Crippen molar-refractivity contribution in [1.29, 1.82) is 0 Å². The van der Waals surface area contributed by atoms with E-state index in [4.69, 9.17) is 4.74 Å². The second-order valence-electron chi connectivity index (χ2n) is 8.10. The summed E-state index contributed by atoms with van der Waals surface area (Å²) in [6.45, 7) is 5.05. The predicted octanol–water partition coefficient (Wildman–Crippen LogP) is 4.53. The predicted molar refractivity (Wildman–Crippen MR) is 117 cm³/mol. The fourth-order valence-electron chi connectivity index (χ4n) is 4.68. The molecule has 0 N–H and O–H groups in total. The lowest BCUT2D eigenvalue weighted by molar-refractivity contribution is -0.0786. The van der Waals surface area contributed by atoms with Crippen molar-refractivity contribution in [2.24, 2.45) is 0 Å². The third-order valence-electron chi connectivity index (χ3n) is 6.27. The quantitative estimate of drug-likeness (QED) is 0.643. The second-order valence-corrected chi connectivity index (χ2v) is 8.10. The molecular weight excluding hydrogens is 356 g/mol. The zero-order valence-electron chi connectivity index (χ0n) is 16.7. The Kier molecular flexibility index (Phi) is 5.44. The molecule has 148 valence electrons. The SMILES string of the molecule is c1ccc(C2CN(C3CN(C(c4ccccc4)c4ccccc4)C3)CCO2)cc1. The van der Waals surface area contributed by atoms with Crippen LogP contribution in [-0.2, 0) is 4.74 Å². The van der Waals surface area contributed by atoms with Gasteiger partial charge < -0.3 is 4.74 Å². The number of benzene rings is 3. The lowest BCUT2D eigenvalue weighted by Gasteiger charge is -2.51. The first-order valence-electron chi connectivity index (χ1n) is 10.6. The lowest BCUT2D eigenvalue weighted by Crippen LogP contribution is -2.62. The highest BCUT2D eigenvalue weighted by Gasteiger charge is 2.39. The summed E-state index contributed by atoms with van der Waals surface area (Å²) in [6, 6.07) is 33.4. The number of morpholine rings is 1. The zero-order chi connectivity index (χ0) is 19.5. The molecule has 1 atom stereocenters. The molecule has 0 aliphatic carbocycles. The summed E-state index contributed by atoms with van der Waals surface area (Å²) >= 11 is 0. The molecule has 0 aromatic heterocycles. The summed E-state index contributed by atoms with van der Waals surface area (Å²) in [5.41, 5.74) is 4.04. The third-order valence-corrected chi connectivity index (χ3v) is 6.27. The monoisotopic (exact) mass is 384 g/mol. The average Bonchev–Trinajstić information content (AvgIpc) is 2.78. The van der Waals surface area contributed by atoms with E-state index in [0.717, 1.165) is 32.8 Å². The van der Waals surface area contributed by atoms with Crippen LogP contribution >= 0.6 is 0 Å². The van der Waals surface area contributed by atoms with Crippen LogP contribution in [0.3, 0.4) is 0 Å². The van der Waals surface area contributed by atoms with Gasteiger partial charge in [0.25, 0.3) is 0 Å². The van der Waals surface area contributed by atoms with Gasteiger partial charge in [-0.15, -0.1) is 0 Å². The van der Waals surface area contributed by atoms with Crippen LogP contribution in [0.4, 0.5) is 0 Å². The summed E-state index contributed by atoms with van der Waals surface area (Å²) in [6.07, 6.45) is 0.193. The molecule has 2 saturated heterocycles. The Morgan fingerprint density at radius 1 is 0.690 bits per heavy atom. The first-order valence-corrected chi connectivity index (χ1v) is 10.6. The molecule has 3 aromatic carbocycles. The number of nitrogens with zero attached hydrogens (tertiary/aromatic N) is 2. The zero-order valence-corrected chi connectivity index (χ0v) is 16.7. The van der Waals surface area contributed by atoms with Crippen LogP contribution in [0.1, 0.15) is 28.8 Å². The van der Waals surface area contributed by atoms with Crippen molar-refractivity contribution in [3.63, 3.8) is 0 Å². The summed E-state index contributed by atoms with van der Waals surface area (Å²) in [4.78, 5) is 5.24. The molecule has 3 aromatic rings. The first kappa shape index (κ1) is 18.6. The van der Waals surface area contributed by atoms with Gasteiger partial charge in [-0.25, -0.2) is 0 Å². The molecular formula is C26H28N2O. The largest absolute Gasteiger partial charge is 0.371 e. The van der Waals surface area contributed by atoms with Crippen molar-refractivity contribution in [2.75, 3.05) is 32.8 Å². The molecule has 0 bridgehead atoms. The molecule has 29 heavy (non-hydrogen) atoms. The van der Waals surface area contributed by atoms with Crippen molar-refractivity contribution in [3.05, 3.63) is 108 Å². The van der Waals surface area contributed by atoms with Crippen LogP contribution in [0, 0.1) is 0 Å². The lowest BCUT2D eigenvalue weighted by atomic mass is 9.92. The Hall–Kier alpha value is -2.46. The van der Waals surface area contributed by atoms with E-state index in [1.54, 1.807) is 0 Å². The highest BCUT2D eigenvalue weighted by Crippen LogP contribution is 2.34. The van der Waals surface area contributed by atoms with Gasteiger partial charge in [-0.05, 0) is 16.7 Å². The van der Waals surface area contributed by atoms with Crippen molar-refractivity contribution >= 4 is 0 Å². The van der Waals surface area contributed by atoms with Gasteiger partial charge in [-0.2, -0.15) is 0 Å². The van der Waals surface area contributed by atoms with Gasteiger partial charge in [0, 0.05) is 32.2 Å². The Morgan fingerprint density at radius 2 is 1.24 bits per heavy atom. The van der Waals surface area contributed by atoms with Gasteiger partial charge in [-0.1, -0.05) is 91.0 Å². The third kappa shape index (κ3) is 3.99. The number of hydrogen-bond donors (Lipinski definition) is 0. The molecule has 2 fully saturated rings. The molecule has 0 radical (unpaired) electrons. The van der Waals surface area contributed by atoms with Gasteiger partial charge in [0.2, 0.25) is 0 Å². The van der Waals surface area contributed by atoms with E-state index in [1.807, 2.05) is 0 Å². The number of hydrogen-bond acceptors (Lipinski definition) is 3. The van der Waals surface area contributed by atoms with E-state index >= 15 is 0 Å². The number of likely N-dealkylation sites (tertiary alicyclic amines) is 1. The molecule has 5 rings (SSSR count). The Morgan fingerprint density at radius 3 is 1.83 bits per heavy atom. The van der Waals surface area contributed by atoms with E-state index < -0.39 is 0 Å². The van der Waals surface area contributed by atoms with Crippen LogP contribution in [0.15, 0.2) is 91.0 Å². The minimum absolute atomic E-state index is 0.193. The number of rotatable bonds is 5. The molecule has 2 aliphatic rings. The van der Waals surface area contributed by atoms with Crippen molar-refractivity contribution in [2.45, 2.75) is 18.2 Å². The fourth-order valence-corrected chi connectivity index (χ4v) is 4.68. The van der Waals surface area contributed by atoms with E-state index in [-0.39, 0.29) is 6.10 Å². The van der Waals surface area contributed by atoms with Crippen LogP contribution in [0.25, 0.3) is 0 Å². The molecule has 3 nitrogen and oxygen atoms in total. The maximum Gasteiger partial charge on any atom is 0.0952 e. The molecule has 2 aliphatic heterocycles. The van der Waals surface area contributed by atoms with Gasteiger partial charge >= 0.3 is 0 Å². The molecule has 0 spiro atoms. The molecule has 2 heterocycles. The van der Waals surface area contributed by atoms with E-state index in [2.05, 4.69) is 101 Å². The maximum atomic E-state index is 6.07. The molecule has 1 unspecified atom stereocenters. The highest BCUT2D eigenvalue weighted by molar-refractivity contribution is 5.32. The van der Waals surface area contributed by atoms with E-state index in [9.17, 15) is 0 Å². The van der Waals surface area contributed by atoms with Crippen molar-refractivity contribution in [1.82, 2.24) is 9.80 Å². The Labute approximate surface area is 173 Å². The summed E-state index contributed by atoms with van der Waals surface area (Å²) in [5.74, 6) is 0. The van der Waals surface area contributed by atoms with Gasteiger partial charge in [-0.3, -0.25) is 9.80 Å². The van der Waals surface area contributed by atoms with Crippen molar-refractivity contribution in [3.8, 4) is 0 Å². The molecule has 0 saturated carbocycles. The van der Waals surface area contributed by atoms with Crippen LogP contribution in [0.2, 0.25) is 0 Å². The smallest absolute Gasteiger partial charge is 0.0952 e. The topological polar surface area (TPSA) is 15.7 Å². The Balaban J connectivity index is 1.28. The fraction of sp³-hybridized carbons (Fsp3) is 0.308. The first-order chi connectivity index (χ1) is 14.4. The van der Waals surface area contributed by atoms with Crippen LogP contribution in [0.5, 0.6) is 0 Å². The minimum atomic E-state index is 0.193. The summed E-state index contributed by atoms with van der Waals surface area (Å²) in [7, 11) is 0. The standard InChI is InChI=1S/C26H28N2O/c1-4-10-21(11-5-1)25-20-27(16-17-29-25)24-18-28(19-24)26(22-12-6-2-7-13-22)23-14-8-3-9-15-23/h1-15,24-26H,16-20H2. The van der Waals surface area contributed by atoms with Gasteiger partial charge in [0.1, 0.15) is 0 Å². The molecule has 3 heteroatoms. The number of ether oxygens (including phenoxy) is 1. The van der Waals surface area contributed by atoms with Gasteiger partial charge in [0.15, 0.2) is 0 Å². The second kappa shape index (κ2) is 8.50.